The highest BCUT2D eigenvalue weighted by Crippen LogP contribution is 2.39. The van der Waals surface area contributed by atoms with E-state index in [9.17, 15) is 9.59 Å². The van der Waals surface area contributed by atoms with E-state index < -0.39 is 17.1 Å². The van der Waals surface area contributed by atoms with Crippen molar-refractivity contribution in [3.63, 3.8) is 0 Å². The molecule has 0 bridgehead atoms. The van der Waals surface area contributed by atoms with E-state index in [1.807, 2.05) is 29.2 Å². The van der Waals surface area contributed by atoms with E-state index >= 15 is 0 Å². The van der Waals surface area contributed by atoms with Crippen LogP contribution in [0.1, 0.15) is 84.6 Å². The lowest BCUT2D eigenvalue weighted by Gasteiger charge is -2.29. The van der Waals surface area contributed by atoms with Gasteiger partial charge in [-0.25, -0.2) is 4.79 Å². The van der Waals surface area contributed by atoms with Gasteiger partial charge in [-0.3, -0.25) is 14.7 Å². The predicted molar refractivity (Wildman–Crippen MR) is 147 cm³/mol. The van der Waals surface area contributed by atoms with E-state index in [0.29, 0.717) is 18.9 Å². The lowest BCUT2D eigenvalue weighted by atomic mass is 9.82. The number of unbranched alkanes of at least 4 members (excludes halogenated alkanes) is 1. The Morgan fingerprint density at radius 1 is 1.03 bits per heavy atom. The molecule has 198 valence electrons. The standard InChI is InChI=1S/C31H40N2O4/c1-5-7-15-27-32-31(20-11-8-12-21-31)28(34)33(27)22-23-16-18-24(19-17-23)25-13-9-10-14-26(25)37-30(3,4)29(35)36-6-2/h9-10,13-14,16-19H,5-8,11-12,15,20-22H2,1-4H3. The summed E-state index contributed by atoms with van der Waals surface area (Å²) < 4.78 is 11.3. The maximum absolute atomic E-state index is 13.6. The van der Waals surface area contributed by atoms with Gasteiger partial charge in [0.25, 0.3) is 5.91 Å². The normalized spacial score (nSPS) is 17.1. The average molecular weight is 505 g/mol. The number of amidine groups is 1. The van der Waals surface area contributed by atoms with Gasteiger partial charge in [0.1, 0.15) is 17.1 Å². The Balaban J connectivity index is 1.53. The molecular weight excluding hydrogens is 464 g/mol. The number of esters is 1. The highest BCUT2D eigenvalue weighted by molar-refractivity contribution is 6.08. The number of carbonyl (C=O) groups excluding carboxylic acids is 2. The first-order valence-corrected chi connectivity index (χ1v) is 13.7. The van der Waals surface area contributed by atoms with Gasteiger partial charge < -0.3 is 9.47 Å². The van der Waals surface area contributed by atoms with Crippen LogP contribution in [0.15, 0.2) is 53.5 Å². The van der Waals surface area contributed by atoms with Crippen LogP contribution in [0.2, 0.25) is 0 Å². The number of benzene rings is 2. The first kappa shape index (κ1) is 26.9. The molecular formula is C31H40N2O4. The molecule has 1 aliphatic heterocycles. The quantitative estimate of drug-likeness (QED) is 0.337. The molecule has 6 nitrogen and oxygen atoms in total. The third-order valence-electron chi connectivity index (χ3n) is 7.36. The molecule has 6 heteroatoms. The number of amides is 1. The Bertz CT molecular complexity index is 1130. The fourth-order valence-corrected chi connectivity index (χ4v) is 5.26. The van der Waals surface area contributed by atoms with Crippen LogP contribution in [0.25, 0.3) is 11.1 Å². The maximum Gasteiger partial charge on any atom is 0.349 e. The number of nitrogens with zero attached hydrogens (tertiary/aromatic N) is 2. The SMILES string of the molecule is CCCCC1=NC2(CCCCC2)C(=O)N1Cc1ccc(-c2ccccc2OC(C)(C)C(=O)OCC)cc1. The van der Waals surface area contributed by atoms with Crippen LogP contribution in [0.3, 0.4) is 0 Å². The molecule has 1 spiro atoms. The van der Waals surface area contributed by atoms with E-state index in [-0.39, 0.29) is 5.91 Å². The van der Waals surface area contributed by atoms with Gasteiger partial charge in [0.05, 0.1) is 13.2 Å². The largest absolute Gasteiger partial charge is 0.476 e. The highest BCUT2D eigenvalue weighted by atomic mass is 16.6. The zero-order valence-electron chi connectivity index (χ0n) is 22.7. The minimum atomic E-state index is -1.11. The smallest absolute Gasteiger partial charge is 0.349 e. The molecule has 0 N–H and O–H groups in total. The zero-order chi connectivity index (χ0) is 26.5. The second kappa shape index (κ2) is 11.5. The van der Waals surface area contributed by atoms with E-state index in [2.05, 4.69) is 31.2 Å². The summed E-state index contributed by atoms with van der Waals surface area (Å²) in [5.74, 6) is 1.36. The summed E-state index contributed by atoms with van der Waals surface area (Å²) in [6.45, 7) is 8.24. The minimum absolute atomic E-state index is 0.183. The Morgan fingerprint density at radius 2 is 1.73 bits per heavy atom. The summed E-state index contributed by atoms with van der Waals surface area (Å²) >= 11 is 0. The lowest BCUT2D eigenvalue weighted by Crippen LogP contribution is -2.43. The van der Waals surface area contributed by atoms with Gasteiger partial charge in [-0.2, -0.15) is 0 Å². The van der Waals surface area contributed by atoms with Crippen molar-refractivity contribution in [3.05, 3.63) is 54.1 Å². The molecule has 1 aliphatic carbocycles. The summed E-state index contributed by atoms with van der Waals surface area (Å²) in [6, 6.07) is 15.9. The van der Waals surface area contributed by atoms with Crippen LogP contribution in [-0.4, -0.2) is 40.4 Å². The Kier molecular flexibility index (Phi) is 8.35. The number of para-hydroxylation sites is 1. The van der Waals surface area contributed by atoms with E-state index in [0.717, 1.165) is 67.5 Å². The summed E-state index contributed by atoms with van der Waals surface area (Å²) in [4.78, 5) is 32.9. The van der Waals surface area contributed by atoms with Crippen LogP contribution >= 0.6 is 0 Å². The van der Waals surface area contributed by atoms with Gasteiger partial charge in [-0.15, -0.1) is 0 Å². The number of carbonyl (C=O) groups is 2. The summed E-state index contributed by atoms with van der Waals surface area (Å²) in [6.07, 6.45) is 8.06. The molecule has 0 aromatic heterocycles. The van der Waals surface area contributed by atoms with Crippen molar-refractivity contribution in [1.82, 2.24) is 4.90 Å². The molecule has 0 atom stereocenters. The first-order chi connectivity index (χ1) is 17.8. The predicted octanol–water partition coefficient (Wildman–Crippen LogP) is 6.71. The number of aliphatic imine (C=N–C) groups is 1. The molecule has 2 aromatic carbocycles. The van der Waals surface area contributed by atoms with Crippen molar-refractivity contribution in [2.45, 2.75) is 96.7 Å². The van der Waals surface area contributed by atoms with Crippen molar-refractivity contribution in [1.29, 1.82) is 0 Å². The minimum Gasteiger partial charge on any atom is -0.476 e. The van der Waals surface area contributed by atoms with Gasteiger partial charge in [-0.05, 0) is 57.2 Å². The molecule has 2 aliphatic rings. The van der Waals surface area contributed by atoms with Gasteiger partial charge in [-0.1, -0.05) is 75.1 Å². The molecule has 4 rings (SSSR count). The Labute approximate surface area is 221 Å². The molecule has 0 unspecified atom stereocenters. The molecule has 2 aromatic rings. The third kappa shape index (κ3) is 5.89. The number of hydrogen-bond acceptors (Lipinski definition) is 5. The van der Waals surface area contributed by atoms with Crippen LogP contribution in [0.4, 0.5) is 0 Å². The monoisotopic (exact) mass is 504 g/mol. The molecule has 1 amide bonds. The third-order valence-corrected chi connectivity index (χ3v) is 7.36. The number of hydrogen-bond donors (Lipinski definition) is 0. The lowest BCUT2D eigenvalue weighted by molar-refractivity contribution is -0.158. The van der Waals surface area contributed by atoms with Crippen LogP contribution < -0.4 is 4.74 Å². The first-order valence-electron chi connectivity index (χ1n) is 13.7. The van der Waals surface area contributed by atoms with Crippen molar-refractivity contribution in [2.75, 3.05) is 6.61 Å². The van der Waals surface area contributed by atoms with Gasteiger partial charge in [0, 0.05) is 12.0 Å². The van der Waals surface area contributed by atoms with Gasteiger partial charge >= 0.3 is 5.97 Å². The van der Waals surface area contributed by atoms with E-state index in [1.54, 1.807) is 20.8 Å². The van der Waals surface area contributed by atoms with Crippen LogP contribution in [-0.2, 0) is 20.9 Å². The van der Waals surface area contributed by atoms with Crippen molar-refractivity contribution >= 4 is 17.7 Å². The second-order valence-electron chi connectivity index (χ2n) is 10.6. The Hall–Kier alpha value is -3.15. The fraction of sp³-hybridized carbons (Fsp3) is 0.516. The average Bonchev–Trinajstić information content (AvgIpc) is 3.14. The van der Waals surface area contributed by atoms with E-state index in [1.165, 1.54) is 6.42 Å². The zero-order valence-corrected chi connectivity index (χ0v) is 22.7. The number of rotatable bonds is 10. The van der Waals surface area contributed by atoms with Crippen molar-refractivity contribution < 1.29 is 19.1 Å². The second-order valence-corrected chi connectivity index (χ2v) is 10.6. The van der Waals surface area contributed by atoms with Gasteiger partial charge in [0.15, 0.2) is 5.60 Å². The topological polar surface area (TPSA) is 68.2 Å². The van der Waals surface area contributed by atoms with Crippen molar-refractivity contribution in [3.8, 4) is 16.9 Å². The van der Waals surface area contributed by atoms with E-state index in [4.69, 9.17) is 14.5 Å². The van der Waals surface area contributed by atoms with Crippen LogP contribution in [0.5, 0.6) is 5.75 Å². The molecule has 37 heavy (non-hydrogen) atoms. The molecule has 0 radical (unpaired) electrons. The summed E-state index contributed by atoms with van der Waals surface area (Å²) in [5.41, 5.74) is 1.32. The maximum atomic E-state index is 13.6. The fourth-order valence-electron chi connectivity index (χ4n) is 5.26. The summed E-state index contributed by atoms with van der Waals surface area (Å²) in [5, 5.41) is 0. The highest BCUT2D eigenvalue weighted by Gasteiger charge is 2.48. The van der Waals surface area contributed by atoms with Crippen molar-refractivity contribution in [2.24, 2.45) is 4.99 Å². The number of ether oxygens (including phenoxy) is 2. The molecule has 1 fully saturated rings. The van der Waals surface area contributed by atoms with Crippen LogP contribution in [0, 0.1) is 0 Å². The summed E-state index contributed by atoms with van der Waals surface area (Å²) in [7, 11) is 0. The molecule has 0 saturated heterocycles. The van der Waals surface area contributed by atoms with Gasteiger partial charge in [0.2, 0.25) is 0 Å². The Morgan fingerprint density at radius 3 is 2.41 bits per heavy atom. The molecule has 1 saturated carbocycles. The molecule has 1 heterocycles.